The van der Waals surface area contributed by atoms with E-state index in [1.807, 2.05) is 0 Å². The Kier molecular flexibility index (Phi) is 14.3. The molecular formula is C48H60B30O. The van der Waals surface area contributed by atoms with Crippen LogP contribution in [0.5, 0.6) is 0 Å². The van der Waals surface area contributed by atoms with Crippen molar-refractivity contribution in [3.8, 4) is 44.5 Å². The molecule has 0 atom stereocenters. The highest BCUT2D eigenvalue weighted by molar-refractivity contribution is 6.77. The van der Waals surface area contributed by atoms with E-state index in [1.165, 1.54) is 251 Å². The Hall–Kier alpha value is -4.49. The Labute approximate surface area is 498 Å². The van der Waals surface area contributed by atoms with Crippen LogP contribution in [0.3, 0.4) is 0 Å². The van der Waals surface area contributed by atoms with Gasteiger partial charge in [-0.2, -0.15) is 0 Å². The monoisotopic (exact) mass is 983 g/mol. The van der Waals surface area contributed by atoms with Crippen LogP contribution in [0.25, 0.3) is 98.8 Å². The smallest absolute Gasteiger partial charge is 0.143 e. The van der Waals surface area contributed by atoms with Crippen LogP contribution in [0.15, 0.2) is 4.42 Å². The zero-order valence-corrected chi connectivity index (χ0v) is 54.4. The first-order valence-electron chi connectivity index (χ1n) is 29.4. The number of furan rings is 1. The van der Waals surface area contributed by atoms with Gasteiger partial charge in [0.25, 0.3) is 0 Å². The molecule has 0 saturated carbocycles. The highest BCUT2D eigenvalue weighted by Crippen LogP contribution is 2.40. The molecule has 348 valence electrons. The third-order valence-corrected chi connectivity index (χ3v) is 22.8. The number of benzene rings is 9. The average molecular weight is 977 g/mol. The van der Waals surface area contributed by atoms with Crippen molar-refractivity contribution in [2.24, 2.45) is 0 Å². The number of rotatable bonds is 4. The minimum atomic E-state index is 1.03. The molecule has 0 saturated heterocycles. The molecule has 31 heteroatoms. The van der Waals surface area contributed by atoms with Gasteiger partial charge in [-0.05, 0) is 71.4 Å². The number of hydrogen-bond donors (Lipinski definition) is 0. The van der Waals surface area contributed by atoms with Crippen molar-refractivity contribution in [2.45, 2.75) is 0 Å². The normalized spacial score (nSPS) is 11.8. The molecule has 0 N–H and O–H groups in total. The topological polar surface area (TPSA) is 13.1 Å². The van der Waals surface area contributed by atoms with Gasteiger partial charge in [0.1, 0.15) is 247 Å². The van der Waals surface area contributed by atoms with E-state index >= 15 is 0 Å². The SMILES string of the molecule is Bc1c(B)c(B)c(-c2c(B)c(B)c(-c3c(B)c(B)c(-c4c5c(B)c(B)c(B)c(B)c5c(-c5c(B)c(B)c6oc7c8c(B)c(B)c(B)c(B)c8c(B)c(B)c7c6c5B)c5c(B)c(B)c(B)c(B)c45)c(B)c3B)c(B)c2B)c(B)c1B. The van der Waals surface area contributed by atoms with E-state index in [0.29, 0.717) is 0 Å². The summed E-state index contributed by atoms with van der Waals surface area (Å²) in [6, 6.07) is 0. The van der Waals surface area contributed by atoms with Gasteiger partial charge in [0.05, 0.1) is 0 Å². The maximum atomic E-state index is 7.39. The van der Waals surface area contributed by atoms with E-state index in [1.54, 1.807) is 0 Å². The quantitative estimate of drug-likeness (QED) is 0.127. The molecule has 0 aliphatic heterocycles. The number of fused-ring (bicyclic) bond motifs is 7. The predicted octanol–water partition coefficient (Wildman–Crippen LogP) is -38.5. The first kappa shape index (κ1) is 57.7. The number of hydrogen-bond acceptors (Lipinski definition) is 1. The summed E-state index contributed by atoms with van der Waals surface area (Å²) in [7, 11) is 71.1. The van der Waals surface area contributed by atoms with Crippen LogP contribution < -0.4 is 164 Å². The van der Waals surface area contributed by atoms with E-state index in [0.717, 1.165) is 11.2 Å². The van der Waals surface area contributed by atoms with Gasteiger partial charge in [-0.3, -0.25) is 0 Å². The lowest BCUT2D eigenvalue weighted by Crippen LogP contribution is -2.57. The van der Waals surface area contributed by atoms with Crippen LogP contribution in [0.2, 0.25) is 0 Å². The Balaban J connectivity index is 1.39. The van der Waals surface area contributed by atoms with Crippen molar-refractivity contribution >= 4 is 454 Å². The van der Waals surface area contributed by atoms with Crippen molar-refractivity contribution in [1.29, 1.82) is 0 Å². The summed E-state index contributed by atoms with van der Waals surface area (Å²) in [5.74, 6) is 0. The average Bonchev–Trinajstić information content (AvgIpc) is 3.72. The summed E-state index contributed by atoms with van der Waals surface area (Å²) >= 11 is 0. The molecule has 9 aromatic carbocycles. The molecule has 0 aliphatic rings. The van der Waals surface area contributed by atoms with E-state index < -0.39 is 0 Å². The van der Waals surface area contributed by atoms with Crippen molar-refractivity contribution in [3.63, 3.8) is 0 Å². The molecule has 0 amide bonds. The molecule has 0 spiro atoms. The molecule has 0 radical (unpaired) electrons. The summed E-state index contributed by atoms with van der Waals surface area (Å²) in [5, 5.41) is 10.7. The van der Waals surface area contributed by atoms with Gasteiger partial charge in [0, 0.05) is 16.2 Å². The minimum absolute atomic E-state index is 1.03. The molecule has 0 unspecified atom stereocenters. The summed E-state index contributed by atoms with van der Waals surface area (Å²) in [4.78, 5) is 0. The molecule has 1 heterocycles. The first-order valence-corrected chi connectivity index (χ1v) is 29.4. The maximum absolute atomic E-state index is 7.39. The van der Waals surface area contributed by atoms with Gasteiger partial charge in [0.2, 0.25) is 0 Å². The Morgan fingerprint density at radius 1 is 0.114 bits per heavy atom. The van der Waals surface area contributed by atoms with E-state index in [-0.39, 0.29) is 0 Å². The van der Waals surface area contributed by atoms with Crippen LogP contribution >= 0.6 is 0 Å². The molecule has 10 aromatic rings. The predicted molar refractivity (Wildman–Crippen MR) is 453 cm³/mol. The zero-order valence-electron chi connectivity index (χ0n) is 54.4. The van der Waals surface area contributed by atoms with Crippen LogP contribution in [0.4, 0.5) is 0 Å². The second-order valence-corrected chi connectivity index (χ2v) is 25.5. The highest BCUT2D eigenvalue weighted by atomic mass is 16.3. The van der Waals surface area contributed by atoms with Crippen LogP contribution in [0, 0.1) is 0 Å². The lowest BCUT2D eigenvalue weighted by molar-refractivity contribution is 0.676. The van der Waals surface area contributed by atoms with Crippen molar-refractivity contribution in [2.75, 3.05) is 0 Å². The van der Waals surface area contributed by atoms with Crippen molar-refractivity contribution in [3.05, 3.63) is 0 Å². The first-order chi connectivity index (χ1) is 36.8. The molecular weight excluding hydrogens is 917 g/mol. The third kappa shape index (κ3) is 7.52. The molecule has 0 aliphatic carbocycles. The van der Waals surface area contributed by atoms with Crippen LogP contribution in [-0.2, 0) is 0 Å². The van der Waals surface area contributed by atoms with Gasteiger partial charge in [-0.15, -0.1) is 49.2 Å². The molecule has 79 heavy (non-hydrogen) atoms. The fourth-order valence-electron chi connectivity index (χ4n) is 15.8. The maximum Gasteiger partial charge on any atom is 0.143 e. The highest BCUT2D eigenvalue weighted by Gasteiger charge is 2.32. The van der Waals surface area contributed by atoms with Crippen molar-refractivity contribution in [1.82, 2.24) is 0 Å². The van der Waals surface area contributed by atoms with Gasteiger partial charge in [0.15, 0.2) is 0 Å². The Morgan fingerprint density at radius 3 is 0.595 bits per heavy atom. The summed E-state index contributed by atoms with van der Waals surface area (Å²) in [6.45, 7) is 0. The Bertz CT molecular complexity index is 4430. The fraction of sp³-hybridized carbons (Fsp3) is 0. The van der Waals surface area contributed by atoms with E-state index in [9.17, 15) is 0 Å². The van der Waals surface area contributed by atoms with Crippen LogP contribution in [0.1, 0.15) is 0 Å². The third-order valence-electron chi connectivity index (χ3n) is 22.8. The second kappa shape index (κ2) is 19.6. The van der Waals surface area contributed by atoms with Crippen molar-refractivity contribution < 1.29 is 4.42 Å². The lowest BCUT2D eigenvalue weighted by atomic mass is 9.54. The van der Waals surface area contributed by atoms with Gasteiger partial charge in [-0.1, -0.05) is 115 Å². The lowest BCUT2D eigenvalue weighted by Gasteiger charge is -2.32. The molecule has 10 rings (SSSR count). The van der Waals surface area contributed by atoms with Gasteiger partial charge < -0.3 is 4.42 Å². The molecule has 0 bridgehead atoms. The summed E-state index contributed by atoms with van der Waals surface area (Å²) in [6.07, 6.45) is 0. The largest absolute Gasteiger partial charge is 0.456 e. The molecule has 1 nitrogen and oxygen atoms in total. The van der Waals surface area contributed by atoms with Gasteiger partial charge in [-0.25, -0.2) is 0 Å². The van der Waals surface area contributed by atoms with E-state index in [4.69, 9.17) is 4.42 Å². The fourth-order valence-corrected chi connectivity index (χ4v) is 15.8. The second-order valence-electron chi connectivity index (χ2n) is 25.5. The van der Waals surface area contributed by atoms with Gasteiger partial charge >= 0.3 is 0 Å². The summed E-state index contributed by atoms with van der Waals surface area (Å²) in [5.41, 5.74) is 54.3. The van der Waals surface area contributed by atoms with E-state index in [2.05, 4.69) is 235 Å². The van der Waals surface area contributed by atoms with Crippen LogP contribution in [-0.4, -0.2) is 235 Å². The molecule has 1 aromatic heterocycles. The zero-order chi connectivity index (χ0) is 58.4. The Morgan fingerprint density at radius 2 is 0.278 bits per heavy atom. The summed E-state index contributed by atoms with van der Waals surface area (Å²) < 4.78 is 7.39. The standard InChI is InChI=1S/C48H60B30O/c49-17-7(34(66)46(78)48-15(17)16-35(67)30(62)13-14(47(16)79-48)36(68)44(76)41(73)33(13)65)1-3-5(20(52)39(71)37(69)18(3)50)2(6-4(1)19(51)38(70)40(72)21(6)53)8-22(54)24(56)9(25(57)23(8)55)10-26(58)28(60)11(29(61)27(10)59)12-31(63)42(74)45(77)43(75)32(12)64/h49-78H2. The molecule has 0 fully saturated rings. The minimum Gasteiger partial charge on any atom is -0.456 e.